The van der Waals surface area contributed by atoms with Crippen molar-refractivity contribution in [3.05, 3.63) is 23.8 Å². The molecule has 1 heterocycles. The maximum Gasteiger partial charge on any atom is 0.335 e. The number of nitrogens with one attached hydrogen (secondary N) is 1. The van der Waals surface area contributed by atoms with Crippen LogP contribution in [0.25, 0.3) is 0 Å². The van der Waals surface area contributed by atoms with Gasteiger partial charge in [0.1, 0.15) is 12.4 Å². The van der Waals surface area contributed by atoms with Crippen LogP contribution >= 0.6 is 0 Å². The molecule has 0 aromatic rings. The lowest BCUT2D eigenvalue weighted by Crippen LogP contribution is -2.56. The second-order valence-electron chi connectivity index (χ2n) is 9.31. The number of methoxy groups -OCH3 is 1. The van der Waals surface area contributed by atoms with Crippen LogP contribution in [0, 0.1) is 22.7 Å². The molecule has 2 N–H and O–H groups in total. The summed E-state index contributed by atoms with van der Waals surface area (Å²) in [5.74, 6) is -0.576. The Bertz CT molecular complexity index is 774. The molecule has 0 aromatic carbocycles. The highest BCUT2D eigenvalue weighted by molar-refractivity contribution is 5.92. The van der Waals surface area contributed by atoms with Gasteiger partial charge in [-0.05, 0) is 49.0 Å². The Kier molecular flexibility index (Phi) is 6.53. The number of rotatable bonds is 7. The number of carbonyl (C=O) groups is 3. The summed E-state index contributed by atoms with van der Waals surface area (Å²) in [5.41, 5.74) is 0.635. The Morgan fingerprint density at radius 3 is 2.73 bits per heavy atom. The Labute approximate surface area is 177 Å². The zero-order chi connectivity index (χ0) is 22.1. The number of ketones is 1. The van der Waals surface area contributed by atoms with E-state index in [-0.39, 0.29) is 54.8 Å². The highest BCUT2D eigenvalue weighted by Crippen LogP contribution is 2.60. The fraction of sp³-hybridized carbons (Fsp3) is 0.696. The molecular weight excluding hydrogens is 386 g/mol. The summed E-state index contributed by atoms with van der Waals surface area (Å²) in [5, 5.41) is 13.3. The van der Waals surface area contributed by atoms with Crippen molar-refractivity contribution in [2.24, 2.45) is 22.7 Å². The second kappa shape index (κ2) is 8.63. The number of fused-ring (bicyclic) bond motifs is 1. The predicted octanol–water partition coefficient (Wildman–Crippen LogP) is 1.94. The Morgan fingerprint density at radius 2 is 2.13 bits per heavy atom. The number of esters is 2. The average molecular weight is 420 g/mol. The molecule has 0 spiro atoms. The first-order valence-electron chi connectivity index (χ1n) is 10.7. The molecule has 3 unspecified atom stereocenters. The van der Waals surface area contributed by atoms with E-state index >= 15 is 0 Å². The summed E-state index contributed by atoms with van der Waals surface area (Å²) < 4.78 is 9.84. The van der Waals surface area contributed by atoms with Gasteiger partial charge < -0.3 is 14.6 Å². The zero-order valence-electron chi connectivity index (χ0n) is 18.2. The van der Waals surface area contributed by atoms with E-state index in [9.17, 15) is 19.5 Å². The van der Waals surface area contributed by atoms with Crippen LogP contribution < -0.4 is 5.32 Å². The molecule has 1 aliphatic heterocycles. The normalized spacial score (nSPS) is 34.8. The van der Waals surface area contributed by atoms with E-state index in [0.29, 0.717) is 18.4 Å². The largest absolute Gasteiger partial charge is 0.468 e. The number of aliphatic hydroxyl groups is 1. The van der Waals surface area contributed by atoms with E-state index in [1.54, 1.807) is 6.08 Å². The molecule has 3 rings (SSSR count). The van der Waals surface area contributed by atoms with Crippen LogP contribution in [-0.2, 0) is 23.9 Å². The molecule has 2 aliphatic carbocycles. The molecule has 166 valence electrons. The van der Waals surface area contributed by atoms with Crippen molar-refractivity contribution >= 4 is 17.7 Å². The van der Waals surface area contributed by atoms with Gasteiger partial charge in [-0.15, -0.1) is 0 Å². The fourth-order valence-corrected chi connectivity index (χ4v) is 5.93. The van der Waals surface area contributed by atoms with Crippen molar-refractivity contribution in [2.45, 2.75) is 52.0 Å². The minimum absolute atomic E-state index is 0.0159. The van der Waals surface area contributed by atoms with Crippen molar-refractivity contribution < 1.29 is 29.0 Å². The summed E-state index contributed by atoms with van der Waals surface area (Å²) in [4.78, 5) is 36.7. The molecule has 7 nitrogen and oxygen atoms in total. The van der Waals surface area contributed by atoms with Crippen molar-refractivity contribution in [3.63, 3.8) is 0 Å². The van der Waals surface area contributed by atoms with Crippen molar-refractivity contribution in [1.82, 2.24) is 5.32 Å². The maximum absolute atomic E-state index is 12.7. The summed E-state index contributed by atoms with van der Waals surface area (Å²) in [6.45, 7) is 8.45. The summed E-state index contributed by atoms with van der Waals surface area (Å²) in [6, 6.07) is -0.380. The number of aliphatic hydroxyl groups excluding tert-OH is 1. The number of cyclic esters (lactones) is 1. The monoisotopic (exact) mass is 419 g/mol. The number of ether oxygens (including phenoxy) is 2. The van der Waals surface area contributed by atoms with E-state index in [1.165, 1.54) is 7.11 Å². The standard InChI is InChI=1S/C23H33NO6/c1-14-5-6-18-22(2,9-7-19(26)23(18,3)13-25)16(14)11-17(24-12-20(27)29-4)15-8-10-30-21(15)28/h8,16-18,24-25H,1,5-7,9-13H2,2-4H3/t16-,17?,18?,22-,23?/m1/s1. The molecule has 5 atom stereocenters. The van der Waals surface area contributed by atoms with E-state index in [2.05, 4.69) is 18.8 Å². The Morgan fingerprint density at radius 1 is 1.40 bits per heavy atom. The van der Waals surface area contributed by atoms with Crippen molar-refractivity contribution in [3.8, 4) is 0 Å². The number of carbonyl (C=O) groups excluding carboxylic acids is 3. The SMILES string of the molecule is C=C1CCC2C(C)(CO)C(=O)CC[C@]2(C)[C@@H]1CC(NCC(=O)OC)C1=CCOC1=O. The first-order valence-corrected chi connectivity index (χ1v) is 10.7. The van der Waals surface area contributed by atoms with E-state index in [1.807, 2.05) is 6.92 Å². The Hall–Kier alpha value is -1.99. The van der Waals surface area contributed by atoms with Gasteiger partial charge in [0, 0.05) is 12.5 Å². The van der Waals surface area contributed by atoms with Crippen LogP contribution in [-0.4, -0.2) is 55.7 Å². The van der Waals surface area contributed by atoms with Crippen LogP contribution in [0.4, 0.5) is 0 Å². The van der Waals surface area contributed by atoms with Gasteiger partial charge in [0.25, 0.3) is 0 Å². The van der Waals surface area contributed by atoms with Crippen LogP contribution in [0.15, 0.2) is 23.8 Å². The first-order chi connectivity index (χ1) is 14.2. The first kappa shape index (κ1) is 22.7. The summed E-state index contributed by atoms with van der Waals surface area (Å²) >= 11 is 0. The summed E-state index contributed by atoms with van der Waals surface area (Å²) in [6.07, 6.45) is 5.08. The lowest BCUT2D eigenvalue weighted by molar-refractivity contribution is -0.152. The molecule has 2 saturated carbocycles. The van der Waals surface area contributed by atoms with Gasteiger partial charge in [-0.2, -0.15) is 0 Å². The molecule has 0 radical (unpaired) electrons. The fourth-order valence-electron chi connectivity index (χ4n) is 5.93. The molecule has 0 aromatic heterocycles. The Balaban J connectivity index is 1.90. The third kappa shape index (κ3) is 3.85. The molecule has 2 fully saturated rings. The van der Waals surface area contributed by atoms with Gasteiger partial charge in [-0.3, -0.25) is 14.9 Å². The highest BCUT2D eigenvalue weighted by Gasteiger charge is 2.58. The lowest BCUT2D eigenvalue weighted by atomic mass is 9.46. The molecule has 7 heteroatoms. The quantitative estimate of drug-likeness (QED) is 0.480. The molecule has 0 bridgehead atoms. The number of hydrogen-bond acceptors (Lipinski definition) is 7. The molecule has 0 saturated heterocycles. The van der Waals surface area contributed by atoms with Crippen LogP contribution in [0.2, 0.25) is 0 Å². The second-order valence-corrected chi connectivity index (χ2v) is 9.31. The zero-order valence-corrected chi connectivity index (χ0v) is 18.2. The number of Topliss-reactive ketones (excluding diaryl/α,β-unsaturated/α-hetero) is 1. The van der Waals surface area contributed by atoms with Gasteiger partial charge in [-0.1, -0.05) is 26.0 Å². The molecule has 30 heavy (non-hydrogen) atoms. The lowest BCUT2D eigenvalue weighted by Gasteiger charge is -2.58. The number of allylic oxidation sites excluding steroid dienone is 1. The predicted molar refractivity (Wildman–Crippen MR) is 110 cm³/mol. The smallest absolute Gasteiger partial charge is 0.335 e. The third-order valence-corrected chi connectivity index (χ3v) is 7.78. The van der Waals surface area contributed by atoms with Crippen molar-refractivity contribution in [1.29, 1.82) is 0 Å². The van der Waals surface area contributed by atoms with Crippen LogP contribution in [0.3, 0.4) is 0 Å². The van der Waals surface area contributed by atoms with Gasteiger partial charge in [0.05, 0.1) is 31.2 Å². The summed E-state index contributed by atoms with van der Waals surface area (Å²) in [7, 11) is 1.32. The van der Waals surface area contributed by atoms with E-state index in [0.717, 1.165) is 24.8 Å². The van der Waals surface area contributed by atoms with Gasteiger partial charge in [-0.25, -0.2) is 4.79 Å². The van der Waals surface area contributed by atoms with Gasteiger partial charge in [0.2, 0.25) is 0 Å². The topological polar surface area (TPSA) is 102 Å². The van der Waals surface area contributed by atoms with Gasteiger partial charge in [0.15, 0.2) is 0 Å². The minimum atomic E-state index is -0.757. The van der Waals surface area contributed by atoms with Crippen LogP contribution in [0.5, 0.6) is 0 Å². The molecule has 3 aliphatic rings. The van der Waals surface area contributed by atoms with E-state index in [4.69, 9.17) is 9.47 Å². The van der Waals surface area contributed by atoms with Gasteiger partial charge >= 0.3 is 11.9 Å². The number of hydrogen-bond donors (Lipinski definition) is 2. The van der Waals surface area contributed by atoms with E-state index < -0.39 is 11.4 Å². The highest BCUT2D eigenvalue weighted by atomic mass is 16.5. The average Bonchev–Trinajstić information content (AvgIpc) is 3.15. The van der Waals surface area contributed by atoms with Crippen LogP contribution in [0.1, 0.15) is 46.0 Å². The third-order valence-electron chi connectivity index (χ3n) is 7.78. The molecule has 0 amide bonds. The maximum atomic E-state index is 12.7. The molecular formula is C23H33NO6. The minimum Gasteiger partial charge on any atom is -0.468 e. The van der Waals surface area contributed by atoms with Crippen molar-refractivity contribution in [2.75, 3.05) is 26.9 Å².